The summed E-state index contributed by atoms with van der Waals surface area (Å²) in [6.45, 7) is 6.85. The summed E-state index contributed by atoms with van der Waals surface area (Å²) in [7, 11) is -2.22. The van der Waals surface area contributed by atoms with Crippen molar-refractivity contribution in [3.63, 3.8) is 0 Å². The van der Waals surface area contributed by atoms with Crippen molar-refractivity contribution in [2.24, 2.45) is 11.8 Å². The van der Waals surface area contributed by atoms with Crippen LogP contribution in [0, 0.1) is 11.8 Å². The molecule has 1 unspecified atom stereocenters. The van der Waals surface area contributed by atoms with Gasteiger partial charge >= 0.3 is 5.97 Å². The highest BCUT2D eigenvalue weighted by molar-refractivity contribution is 7.87. The Morgan fingerprint density at radius 1 is 1.19 bits per heavy atom. The number of piperidine rings is 1. The van der Waals surface area contributed by atoms with Crippen LogP contribution in [0.25, 0.3) is 0 Å². The van der Waals surface area contributed by atoms with E-state index >= 15 is 0 Å². The molecule has 0 aliphatic carbocycles. The number of methoxy groups -OCH3 is 1. The summed E-state index contributed by atoms with van der Waals surface area (Å²) in [5.41, 5.74) is 2.19. The van der Waals surface area contributed by atoms with Crippen LogP contribution in [0.5, 0.6) is 0 Å². The van der Waals surface area contributed by atoms with Crippen LogP contribution in [0.1, 0.15) is 50.8 Å². The minimum atomic E-state index is -3.58. The lowest BCUT2D eigenvalue weighted by Crippen LogP contribution is -2.46. The van der Waals surface area contributed by atoms with Crippen molar-refractivity contribution in [3.05, 3.63) is 35.4 Å². The molecule has 7 heteroatoms. The molecule has 1 aliphatic rings. The van der Waals surface area contributed by atoms with Crippen molar-refractivity contribution in [2.45, 2.75) is 46.1 Å². The molecular weight excluding hydrogens is 352 g/mol. The Hall–Kier alpha value is -1.44. The molecule has 1 aromatic carbocycles. The van der Waals surface area contributed by atoms with Crippen LogP contribution in [-0.4, -0.2) is 38.9 Å². The van der Waals surface area contributed by atoms with Crippen molar-refractivity contribution in [1.82, 2.24) is 9.03 Å². The Morgan fingerprint density at radius 3 is 2.27 bits per heavy atom. The van der Waals surface area contributed by atoms with Gasteiger partial charge in [-0.15, -0.1) is 0 Å². The summed E-state index contributed by atoms with van der Waals surface area (Å²) in [4.78, 5) is 11.6. The number of carbonyl (C=O) groups excluding carboxylic acids is 1. The van der Waals surface area contributed by atoms with E-state index in [1.807, 2.05) is 19.1 Å². The van der Waals surface area contributed by atoms with Gasteiger partial charge in [-0.25, -0.2) is 0 Å². The zero-order valence-electron chi connectivity index (χ0n) is 16.1. The van der Waals surface area contributed by atoms with E-state index in [4.69, 9.17) is 4.74 Å². The third-order valence-electron chi connectivity index (χ3n) is 4.78. The van der Waals surface area contributed by atoms with Gasteiger partial charge in [-0.3, -0.25) is 4.79 Å². The van der Waals surface area contributed by atoms with Crippen LogP contribution < -0.4 is 4.72 Å². The first-order chi connectivity index (χ1) is 12.2. The molecule has 6 nitrogen and oxygen atoms in total. The molecule has 0 radical (unpaired) electrons. The normalized spacial score (nSPS) is 18.0. The number of hydrogen-bond acceptors (Lipinski definition) is 4. The Balaban J connectivity index is 1.95. The third kappa shape index (κ3) is 5.53. The lowest BCUT2D eigenvalue weighted by Gasteiger charge is -2.31. The summed E-state index contributed by atoms with van der Waals surface area (Å²) < 4.78 is 34.2. The van der Waals surface area contributed by atoms with Crippen molar-refractivity contribution in [2.75, 3.05) is 20.2 Å². The zero-order valence-corrected chi connectivity index (χ0v) is 16.9. The molecule has 0 aromatic heterocycles. The number of hydrogen-bond donors (Lipinski definition) is 1. The van der Waals surface area contributed by atoms with Gasteiger partial charge in [0.2, 0.25) is 0 Å². The largest absolute Gasteiger partial charge is 0.469 e. The summed E-state index contributed by atoms with van der Waals surface area (Å²) in [5, 5.41) is 0. The summed E-state index contributed by atoms with van der Waals surface area (Å²) in [6, 6.07) is 7.76. The smallest absolute Gasteiger partial charge is 0.308 e. The number of nitrogens with zero attached hydrogens (tertiary/aromatic N) is 1. The zero-order chi connectivity index (χ0) is 19.3. The lowest BCUT2D eigenvalue weighted by molar-refractivity contribution is -0.146. The Labute approximate surface area is 157 Å². The average Bonchev–Trinajstić information content (AvgIpc) is 2.61. The van der Waals surface area contributed by atoms with Crippen LogP contribution in [-0.2, 0) is 26.2 Å². The van der Waals surface area contributed by atoms with Gasteiger partial charge < -0.3 is 4.74 Å². The molecule has 0 bridgehead atoms. The van der Waals surface area contributed by atoms with Gasteiger partial charge in [0.25, 0.3) is 10.2 Å². The van der Waals surface area contributed by atoms with Gasteiger partial charge in [-0.2, -0.15) is 17.4 Å². The first kappa shape index (κ1) is 20.9. The number of esters is 1. The monoisotopic (exact) mass is 382 g/mol. The van der Waals surface area contributed by atoms with E-state index in [1.54, 1.807) is 0 Å². The van der Waals surface area contributed by atoms with E-state index < -0.39 is 10.2 Å². The number of carbonyl (C=O) groups is 1. The number of benzene rings is 1. The molecule has 1 N–H and O–H groups in total. The molecule has 0 saturated carbocycles. The minimum Gasteiger partial charge on any atom is -0.469 e. The van der Waals surface area contributed by atoms with E-state index in [2.05, 4.69) is 30.7 Å². The summed E-state index contributed by atoms with van der Waals surface area (Å²) >= 11 is 0. The van der Waals surface area contributed by atoms with Gasteiger partial charge in [0, 0.05) is 19.1 Å². The van der Waals surface area contributed by atoms with Crippen LogP contribution in [0.4, 0.5) is 0 Å². The van der Waals surface area contributed by atoms with E-state index in [9.17, 15) is 13.2 Å². The standard InChI is InChI=1S/C19H30N2O4S/c1-14(2)13-16-5-7-17(8-6-16)15(3)20-26(23,24)21-11-9-18(10-12-21)19(22)25-4/h5-8,14-15,18,20H,9-13H2,1-4H3. The van der Waals surface area contributed by atoms with Crippen molar-refractivity contribution < 1.29 is 17.9 Å². The second kappa shape index (κ2) is 8.97. The quantitative estimate of drug-likeness (QED) is 0.736. The Bertz CT molecular complexity index is 693. The molecule has 1 saturated heterocycles. The molecule has 1 heterocycles. The molecule has 0 amide bonds. The summed E-state index contributed by atoms with van der Waals surface area (Å²) in [6.07, 6.45) is 1.99. The average molecular weight is 383 g/mol. The second-order valence-corrected chi connectivity index (χ2v) is 9.08. The molecule has 1 aliphatic heterocycles. The van der Waals surface area contributed by atoms with Crippen LogP contribution in [0.2, 0.25) is 0 Å². The van der Waals surface area contributed by atoms with Crippen LogP contribution >= 0.6 is 0 Å². The maximum atomic E-state index is 12.6. The molecule has 2 rings (SSSR count). The van der Waals surface area contributed by atoms with Crippen molar-refractivity contribution in [3.8, 4) is 0 Å². The lowest BCUT2D eigenvalue weighted by atomic mass is 9.99. The molecule has 1 fully saturated rings. The Kier molecular flexibility index (Phi) is 7.20. The van der Waals surface area contributed by atoms with Crippen LogP contribution in [0.3, 0.4) is 0 Å². The topological polar surface area (TPSA) is 75.7 Å². The fraction of sp³-hybridized carbons (Fsp3) is 0.632. The first-order valence-corrected chi connectivity index (χ1v) is 10.6. The fourth-order valence-corrected chi connectivity index (χ4v) is 4.70. The maximum absolute atomic E-state index is 12.6. The maximum Gasteiger partial charge on any atom is 0.308 e. The SMILES string of the molecule is COC(=O)C1CCN(S(=O)(=O)NC(C)c2ccc(CC(C)C)cc2)CC1. The minimum absolute atomic E-state index is 0.211. The van der Waals surface area contributed by atoms with Crippen molar-refractivity contribution >= 4 is 16.2 Å². The molecule has 146 valence electrons. The number of nitrogens with one attached hydrogen (secondary N) is 1. The molecular formula is C19H30N2O4S. The fourth-order valence-electron chi connectivity index (χ4n) is 3.28. The number of ether oxygens (including phenoxy) is 1. The predicted molar refractivity (Wildman–Crippen MR) is 102 cm³/mol. The van der Waals surface area contributed by atoms with Gasteiger partial charge in [-0.05, 0) is 43.2 Å². The van der Waals surface area contributed by atoms with E-state index in [1.165, 1.54) is 17.0 Å². The third-order valence-corrected chi connectivity index (χ3v) is 6.47. The number of rotatable bonds is 7. The van der Waals surface area contributed by atoms with E-state index in [0.29, 0.717) is 31.8 Å². The van der Waals surface area contributed by atoms with Gasteiger partial charge in [0.1, 0.15) is 0 Å². The van der Waals surface area contributed by atoms with Gasteiger partial charge in [0.05, 0.1) is 13.0 Å². The molecule has 0 spiro atoms. The highest BCUT2D eigenvalue weighted by Gasteiger charge is 2.32. The second-order valence-electron chi connectivity index (χ2n) is 7.38. The summed E-state index contributed by atoms with van der Waals surface area (Å²) in [5.74, 6) is 0.118. The van der Waals surface area contributed by atoms with E-state index in [0.717, 1.165) is 12.0 Å². The predicted octanol–water partition coefficient (Wildman–Crippen LogP) is 2.67. The first-order valence-electron chi connectivity index (χ1n) is 9.17. The van der Waals surface area contributed by atoms with E-state index in [-0.39, 0.29) is 17.9 Å². The molecule has 26 heavy (non-hydrogen) atoms. The van der Waals surface area contributed by atoms with Crippen molar-refractivity contribution in [1.29, 1.82) is 0 Å². The Morgan fingerprint density at radius 2 is 1.77 bits per heavy atom. The van der Waals surface area contributed by atoms with Crippen LogP contribution in [0.15, 0.2) is 24.3 Å². The molecule has 1 aromatic rings. The molecule has 1 atom stereocenters. The highest BCUT2D eigenvalue weighted by atomic mass is 32.2. The highest BCUT2D eigenvalue weighted by Crippen LogP contribution is 2.22. The van der Waals surface area contributed by atoms with Gasteiger partial charge in [-0.1, -0.05) is 38.1 Å². The van der Waals surface area contributed by atoms with Gasteiger partial charge in [0.15, 0.2) is 0 Å².